The van der Waals surface area contributed by atoms with Gasteiger partial charge in [0.2, 0.25) is 5.78 Å². The lowest BCUT2D eigenvalue weighted by atomic mass is 9.88. The number of nitrogens with zero attached hydrogens (tertiary/aromatic N) is 2. The predicted molar refractivity (Wildman–Crippen MR) is 204 cm³/mol. The lowest BCUT2D eigenvalue weighted by molar-refractivity contribution is -0.140. The van der Waals surface area contributed by atoms with Crippen LogP contribution < -0.4 is 0 Å². The third-order valence-corrected chi connectivity index (χ3v) is 9.98. The van der Waals surface area contributed by atoms with Gasteiger partial charge in [-0.25, -0.2) is 4.79 Å². The number of hydrogen-bond acceptors (Lipinski definition) is 5. The zero-order valence-electron chi connectivity index (χ0n) is 29.9. The van der Waals surface area contributed by atoms with Crippen molar-refractivity contribution in [2.45, 2.75) is 79.9 Å². The van der Waals surface area contributed by atoms with Gasteiger partial charge in [-0.3, -0.25) is 4.79 Å². The Morgan fingerprint density at radius 3 is 2.14 bits per heavy atom. The lowest BCUT2D eigenvalue weighted by Crippen LogP contribution is -2.17. The molecule has 5 aromatic carbocycles. The van der Waals surface area contributed by atoms with Gasteiger partial charge in [-0.15, -0.1) is 0 Å². The van der Waals surface area contributed by atoms with Crippen molar-refractivity contribution in [2.75, 3.05) is 0 Å². The van der Waals surface area contributed by atoms with Crippen LogP contribution in [0, 0.1) is 26.7 Å². The van der Waals surface area contributed by atoms with E-state index in [9.17, 15) is 14.7 Å². The maximum absolute atomic E-state index is 14.2. The summed E-state index contributed by atoms with van der Waals surface area (Å²) in [6.07, 6.45) is 3.67. The van der Waals surface area contributed by atoms with Gasteiger partial charge in [0.05, 0.1) is 5.52 Å². The first kappa shape index (κ1) is 34.8. The monoisotopic (exact) mass is 666 g/mol. The molecule has 6 heteroatoms. The molecule has 50 heavy (non-hydrogen) atoms. The summed E-state index contributed by atoms with van der Waals surface area (Å²) in [7, 11) is 0. The van der Waals surface area contributed by atoms with Crippen LogP contribution >= 0.6 is 0 Å². The molecule has 6 nitrogen and oxygen atoms in total. The van der Waals surface area contributed by atoms with Gasteiger partial charge < -0.3 is 14.5 Å². The molecule has 0 saturated carbocycles. The van der Waals surface area contributed by atoms with Crippen LogP contribution in [0.4, 0.5) is 0 Å². The molecule has 6 aromatic rings. The molecule has 1 N–H and O–H groups in total. The van der Waals surface area contributed by atoms with Gasteiger partial charge in [-0.05, 0) is 85.0 Å². The molecule has 6 rings (SSSR count). The number of carbonyl (C=O) groups is 2. The van der Waals surface area contributed by atoms with Crippen LogP contribution in [-0.2, 0) is 16.2 Å². The van der Waals surface area contributed by atoms with Gasteiger partial charge in [0.1, 0.15) is 6.10 Å². The summed E-state index contributed by atoms with van der Waals surface area (Å²) in [6.45, 7) is 12.8. The molecule has 256 valence electrons. The van der Waals surface area contributed by atoms with Crippen molar-refractivity contribution >= 4 is 50.0 Å². The second-order valence-electron chi connectivity index (χ2n) is 13.6. The normalized spacial score (nSPS) is 13.2. The number of aliphatic hydroxyl groups excluding tert-OH is 1. The molecule has 1 heterocycles. The zero-order chi connectivity index (χ0) is 35.5. The smallest absolute Gasteiger partial charge is 0.332 e. The maximum Gasteiger partial charge on any atom is 0.332 e. The summed E-state index contributed by atoms with van der Waals surface area (Å²) < 4.78 is 2.43. The molecule has 2 unspecified atom stereocenters. The Morgan fingerprint density at radius 1 is 0.800 bits per heavy atom. The van der Waals surface area contributed by atoms with E-state index < -0.39 is 12.1 Å². The average Bonchev–Trinajstić information content (AvgIpc) is 3.41. The highest BCUT2D eigenvalue weighted by Gasteiger charge is 2.25. The molecule has 2 atom stereocenters. The minimum absolute atomic E-state index is 0.0568. The number of aryl methyl sites for hydroxylation is 3. The first-order valence-electron chi connectivity index (χ1n) is 17.7. The second-order valence-corrected chi connectivity index (χ2v) is 13.6. The van der Waals surface area contributed by atoms with E-state index in [2.05, 4.69) is 80.7 Å². The number of aromatic nitrogens is 1. The maximum atomic E-state index is 14.2. The largest absolute Gasteiger partial charge is 0.384 e. The van der Waals surface area contributed by atoms with E-state index in [1.807, 2.05) is 42.5 Å². The third-order valence-electron chi connectivity index (χ3n) is 9.98. The Morgan fingerprint density at radius 2 is 1.48 bits per heavy atom. The van der Waals surface area contributed by atoms with Crippen LogP contribution in [0.25, 0.3) is 32.6 Å². The van der Waals surface area contributed by atoms with Crippen molar-refractivity contribution in [1.82, 2.24) is 4.57 Å². The van der Waals surface area contributed by atoms with Gasteiger partial charge in [0.25, 0.3) is 0 Å². The second kappa shape index (κ2) is 14.8. The van der Waals surface area contributed by atoms with Crippen molar-refractivity contribution in [3.63, 3.8) is 0 Å². The fraction of sp³-hybridized carbons (Fsp3) is 0.295. The van der Waals surface area contributed by atoms with Crippen molar-refractivity contribution in [3.8, 4) is 0 Å². The number of carbonyl (C=O) groups excluding carboxylic acids is 2. The van der Waals surface area contributed by atoms with Crippen LogP contribution in [-0.4, -0.2) is 27.1 Å². The Balaban J connectivity index is 1.63. The number of rotatable bonds is 12. The summed E-state index contributed by atoms with van der Waals surface area (Å²) >= 11 is 0. The van der Waals surface area contributed by atoms with Crippen LogP contribution in [0.5, 0.6) is 0 Å². The molecule has 0 saturated heterocycles. The Hall–Kier alpha value is -5.07. The van der Waals surface area contributed by atoms with E-state index in [1.165, 1.54) is 13.3 Å². The Labute approximate surface area is 294 Å². The fourth-order valence-electron chi connectivity index (χ4n) is 7.57. The molecular weight excluding hydrogens is 620 g/mol. The molecule has 0 aliphatic heterocycles. The summed E-state index contributed by atoms with van der Waals surface area (Å²) in [6, 6.07) is 29.6. The fourth-order valence-corrected chi connectivity index (χ4v) is 7.57. The standard InChI is InChI=1S/C44H46N2O4/c1-7-9-15-31(8-2)26-46-39-21-20-33(43(48)41(45-50-30(6)47)32-16-11-10-12-17-32)24-36(39)37-25-38(34-18-13-14-19-35(34)42(37)46)44(49)40-28(4)22-27(3)23-29(40)5/h10-14,16-25,31,44,49H,7-9,15,26H2,1-6H3/b45-41-. The highest BCUT2D eigenvalue weighted by atomic mass is 16.7. The summed E-state index contributed by atoms with van der Waals surface area (Å²) in [5.74, 6) is -0.464. The van der Waals surface area contributed by atoms with E-state index in [4.69, 9.17) is 4.84 Å². The predicted octanol–water partition coefficient (Wildman–Crippen LogP) is 10.3. The van der Waals surface area contributed by atoms with Crippen molar-refractivity contribution in [3.05, 3.63) is 130 Å². The van der Waals surface area contributed by atoms with E-state index in [1.54, 1.807) is 12.1 Å². The minimum atomic E-state index is -0.846. The number of ketones is 1. The highest BCUT2D eigenvalue weighted by molar-refractivity contribution is 6.51. The van der Waals surface area contributed by atoms with E-state index in [-0.39, 0.29) is 11.5 Å². The van der Waals surface area contributed by atoms with E-state index in [0.717, 1.165) is 86.2 Å². The topological polar surface area (TPSA) is 80.9 Å². The number of unbranched alkanes of at least 4 members (excludes halogenated alkanes) is 1. The van der Waals surface area contributed by atoms with Gasteiger partial charge in [0.15, 0.2) is 5.71 Å². The summed E-state index contributed by atoms with van der Waals surface area (Å²) in [4.78, 5) is 30.9. The van der Waals surface area contributed by atoms with Crippen molar-refractivity contribution in [2.24, 2.45) is 11.1 Å². The number of hydrogen-bond donors (Lipinski definition) is 1. The van der Waals surface area contributed by atoms with Crippen molar-refractivity contribution < 1.29 is 19.5 Å². The Bertz CT molecular complexity index is 2220. The lowest BCUT2D eigenvalue weighted by Gasteiger charge is -2.21. The highest BCUT2D eigenvalue weighted by Crippen LogP contribution is 2.41. The molecule has 0 amide bonds. The molecule has 0 fully saturated rings. The molecule has 0 bridgehead atoms. The summed E-state index contributed by atoms with van der Waals surface area (Å²) in [5.41, 5.74) is 8.20. The first-order chi connectivity index (χ1) is 24.1. The first-order valence-corrected chi connectivity index (χ1v) is 17.7. The van der Waals surface area contributed by atoms with Gasteiger partial charge in [-0.2, -0.15) is 0 Å². The van der Waals surface area contributed by atoms with Crippen LogP contribution in [0.3, 0.4) is 0 Å². The molecule has 0 spiro atoms. The molecule has 1 aromatic heterocycles. The van der Waals surface area contributed by atoms with Crippen LogP contribution in [0.1, 0.15) is 96.3 Å². The van der Waals surface area contributed by atoms with Gasteiger partial charge >= 0.3 is 5.97 Å². The molecule has 0 aliphatic carbocycles. The van der Waals surface area contributed by atoms with Crippen molar-refractivity contribution in [1.29, 1.82) is 0 Å². The van der Waals surface area contributed by atoms with E-state index in [0.29, 0.717) is 17.0 Å². The zero-order valence-corrected chi connectivity index (χ0v) is 29.9. The van der Waals surface area contributed by atoms with Crippen LogP contribution in [0.2, 0.25) is 0 Å². The molecule has 0 radical (unpaired) electrons. The third kappa shape index (κ3) is 6.73. The number of benzene rings is 5. The molecule has 0 aliphatic rings. The number of fused-ring (bicyclic) bond motifs is 5. The average molecular weight is 667 g/mol. The Kier molecular flexibility index (Phi) is 10.3. The SMILES string of the molecule is CCCCC(CC)Cn1c2ccc(C(=O)/C(=N\OC(C)=O)c3ccccc3)cc2c2cc(C(O)c3c(C)cc(C)cc3C)c3ccccc3c21. The quantitative estimate of drug-likeness (QED) is 0.0610. The number of oxime groups is 1. The van der Waals surface area contributed by atoms with Gasteiger partial charge in [0, 0.05) is 46.3 Å². The number of Topliss-reactive ketones (excluding diaryl/α,β-unsaturated/α-hetero) is 1. The van der Waals surface area contributed by atoms with Crippen LogP contribution in [0.15, 0.2) is 96.2 Å². The van der Waals surface area contributed by atoms with E-state index >= 15 is 0 Å². The minimum Gasteiger partial charge on any atom is -0.384 e. The summed E-state index contributed by atoms with van der Waals surface area (Å²) in [5, 5.41) is 20.2. The molecular formula is C44H46N2O4. The number of aliphatic hydroxyl groups is 1. The van der Waals surface area contributed by atoms with Gasteiger partial charge in [-0.1, -0.05) is 111 Å².